The average Bonchev–Trinajstić information content (AvgIpc) is 3.03. The Balaban J connectivity index is 2.04. The summed E-state index contributed by atoms with van der Waals surface area (Å²) in [5.41, 5.74) is 2.02. The van der Waals surface area contributed by atoms with Gasteiger partial charge >= 0.3 is 0 Å². The van der Waals surface area contributed by atoms with Gasteiger partial charge in [-0.05, 0) is 60.7 Å². The van der Waals surface area contributed by atoms with Crippen molar-refractivity contribution in [2.24, 2.45) is 5.92 Å². The molecule has 2 aromatic carbocycles. The van der Waals surface area contributed by atoms with Crippen molar-refractivity contribution in [1.29, 1.82) is 0 Å². The number of unbranched alkanes of at least 4 members (excludes halogenated alkanes) is 2. The zero-order valence-electron chi connectivity index (χ0n) is 19.8. The maximum absolute atomic E-state index is 13.1. The Kier molecular flexibility index (Phi) is 7.79. The van der Waals surface area contributed by atoms with E-state index in [1.165, 1.54) is 17.0 Å². The van der Waals surface area contributed by atoms with Gasteiger partial charge in [0.25, 0.3) is 11.7 Å². The van der Waals surface area contributed by atoms with E-state index in [1.807, 2.05) is 6.92 Å². The lowest BCUT2D eigenvalue weighted by Crippen LogP contribution is -2.30. The Morgan fingerprint density at radius 3 is 2.39 bits per heavy atom. The lowest BCUT2D eigenvalue weighted by molar-refractivity contribution is -0.139. The van der Waals surface area contributed by atoms with Crippen LogP contribution in [0.25, 0.3) is 5.76 Å². The van der Waals surface area contributed by atoms with Crippen molar-refractivity contribution in [2.45, 2.75) is 53.0 Å². The van der Waals surface area contributed by atoms with Gasteiger partial charge in [-0.15, -0.1) is 0 Å². The highest BCUT2D eigenvalue weighted by Gasteiger charge is 2.45. The van der Waals surface area contributed by atoms with E-state index in [-0.39, 0.29) is 17.1 Å². The quantitative estimate of drug-likeness (QED) is 0.232. The number of aryl methyl sites for hydroxylation is 1. The molecular formula is C27H33NO5. The van der Waals surface area contributed by atoms with Gasteiger partial charge in [0, 0.05) is 12.1 Å². The molecule has 0 aromatic heterocycles. The van der Waals surface area contributed by atoms with Crippen molar-refractivity contribution in [3.05, 3.63) is 64.7 Å². The summed E-state index contributed by atoms with van der Waals surface area (Å²) in [6.45, 7) is 9.09. The number of ketones is 1. The molecule has 1 saturated heterocycles. The molecule has 0 saturated carbocycles. The SMILES string of the molecule is CCCCCN1C(=O)C(=O)/C(=C(\O)c2ccc(OCC(C)C)c(C)c2)C1c1ccc(O)cc1. The molecule has 6 nitrogen and oxygen atoms in total. The minimum atomic E-state index is -0.709. The maximum atomic E-state index is 13.1. The maximum Gasteiger partial charge on any atom is 0.295 e. The summed E-state index contributed by atoms with van der Waals surface area (Å²) in [5.74, 6) is -0.321. The molecule has 1 amide bonds. The second kappa shape index (κ2) is 10.6. The summed E-state index contributed by atoms with van der Waals surface area (Å²) in [6, 6.07) is 10.9. The van der Waals surface area contributed by atoms with E-state index in [0.29, 0.717) is 30.2 Å². The number of Topliss-reactive ketones (excluding diaryl/α,β-unsaturated/α-hetero) is 1. The van der Waals surface area contributed by atoms with Crippen molar-refractivity contribution in [1.82, 2.24) is 4.90 Å². The van der Waals surface area contributed by atoms with Crippen LogP contribution in [-0.2, 0) is 9.59 Å². The average molecular weight is 452 g/mol. The Bertz CT molecular complexity index is 1040. The first-order chi connectivity index (χ1) is 15.7. The highest BCUT2D eigenvalue weighted by Crippen LogP contribution is 2.40. The van der Waals surface area contributed by atoms with E-state index < -0.39 is 17.7 Å². The summed E-state index contributed by atoms with van der Waals surface area (Å²) in [6.07, 6.45) is 2.68. The molecule has 2 N–H and O–H groups in total. The number of hydrogen-bond acceptors (Lipinski definition) is 5. The number of phenolic OH excluding ortho intramolecular Hbond substituents is 1. The van der Waals surface area contributed by atoms with Gasteiger partial charge in [0.2, 0.25) is 0 Å². The van der Waals surface area contributed by atoms with Crippen molar-refractivity contribution < 1.29 is 24.5 Å². The Labute approximate surface area is 195 Å². The predicted octanol–water partition coefficient (Wildman–Crippen LogP) is 5.35. The molecule has 1 heterocycles. The summed E-state index contributed by atoms with van der Waals surface area (Å²) >= 11 is 0. The van der Waals surface area contributed by atoms with E-state index in [1.54, 1.807) is 30.3 Å². The highest BCUT2D eigenvalue weighted by atomic mass is 16.5. The van der Waals surface area contributed by atoms with Gasteiger partial charge in [0.15, 0.2) is 0 Å². The fourth-order valence-corrected chi connectivity index (χ4v) is 4.02. The Hall–Kier alpha value is -3.28. The van der Waals surface area contributed by atoms with Crippen LogP contribution >= 0.6 is 0 Å². The summed E-state index contributed by atoms with van der Waals surface area (Å²) in [4.78, 5) is 27.5. The number of benzene rings is 2. The van der Waals surface area contributed by atoms with Crippen LogP contribution < -0.4 is 4.74 Å². The number of carbonyl (C=O) groups is 2. The van der Waals surface area contributed by atoms with Crippen LogP contribution in [0.1, 0.15) is 62.8 Å². The second-order valence-corrected chi connectivity index (χ2v) is 8.98. The van der Waals surface area contributed by atoms with Gasteiger partial charge in [-0.1, -0.05) is 45.7 Å². The van der Waals surface area contributed by atoms with Crippen LogP contribution in [0.2, 0.25) is 0 Å². The van der Waals surface area contributed by atoms with E-state index in [4.69, 9.17) is 4.74 Å². The zero-order valence-corrected chi connectivity index (χ0v) is 19.8. The minimum Gasteiger partial charge on any atom is -0.508 e. The first kappa shape index (κ1) is 24.4. The number of aliphatic hydroxyl groups is 1. The van der Waals surface area contributed by atoms with Crippen molar-refractivity contribution in [3.63, 3.8) is 0 Å². The van der Waals surface area contributed by atoms with Crippen LogP contribution in [0.4, 0.5) is 0 Å². The largest absolute Gasteiger partial charge is 0.508 e. The monoisotopic (exact) mass is 451 g/mol. The summed E-state index contributed by atoms with van der Waals surface area (Å²) < 4.78 is 5.82. The molecule has 0 radical (unpaired) electrons. The topological polar surface area (TPSA) is 87.1 Å². The van der Waals surface area contributed by atoms with Crippen LogP contribution in [0.15, 0.2) is 48.0 Å². The number of phenols is 1. The van der Waals surface area contributed by atoms with Gasteiger partial charge in [-0.25, -0.2) is 0 Å². The number of amides is 1. The molecule has 1 unspecified atom stereocenters. The number of hydrogen-bond donors (Lipinski definition) is 2. The first-order valence-electron chi connectivity index (χ1n) is 11.6. The fraction of sp³-hybridized carbons (Fsp3) is 0.407. The van der Waals surface area contributed by atoms with Gasteiger partial charge in [0.1, 0.15) is 17.3 Å². The molecule has 176 valence electrons. The summed E-state index contributed by atoms with van der Waals surface area (Å²) in [7, 11) is 0. The molecule has 3 rings (SSSR count). The zero-order chi connectivity index (χ0) is 24.1. The molecule has 1 fully saturated rings. The first-order valence-corrected chi connectivity index (χ1v) is 11.6. The van der Waals surface area contributed by atoms with Crippen LogP contribution in [0.5, 0.6) is 11.5 Å². The van der Waals surface area contributed by atoms with Gasteiger partial charge in [0.05, 0.1) is 18.2 Å². The third-order valence-corrected chi connectivity index (χ3v) is 5.77. The molecule has 1 atom stereocenters. The van der Waals surface area contributed by atoms with Crippen molar-refractivity contribution in [2.75, 3.05) is 13.2 Å². The number of nitrogens with zero attached hydrogens (tertiary/aromatic N) is 1. The van der Waals surface area contributed by atoms with Gasteiger partial charge < -0.3 is 19.8 Å². The standard InChI is InChI=1S/C27H33NO5/c1-5-6-7-14-28-24(19-8-11-21(29)12-9-19)23(26(31)27(28)32)25(30)20-10-13-22(18(4)15-20)33-16-17(2)3/h8-13,15,17,24,29-30H,5-7,14,16H2,1-4H3/b25-23-. The Morgan fingerprint density at radius 2 is 1.79 bits per heavy atom. The fourth-order valence-electron chi connectivity index (χ4n) is 4.02. The normalized spacial score (nSPS) is 17.7. The van der Waals surface area contributed by atoms with Crippen molar-refractivity contribution in [3.8, 4) is 11.5 Å². The molecule has 0 spiro atoms. The van der Waals surface area contributed by atoms with E-state index in [9.17, 15) is 19.8 Å². The number of likely N-dealkylation sites (tertiary alicyclic amines) is 1. The minimum absolute atomic E-state index is 0.0671. The van der Waals surface area contributed by atoms with E-state index in [2.05, 4.69) is 20.8 Å². The van der Waals surface area contributed by atoms with Gasteiger partial charge in [-0.3, -0.25) is 9.59 Å². The number of carbonyl (C=O) groups excluding carboxylic acids is 2. The van der Waals surface area contributed by atoms with Crippen LogP contribution in [-0.4, -0.2) is 40.0 Å². The molecule has 33 heavy (non-hydrogen) atoms. The third kappa shape index (κ3) is 5.38. The van der Waals surface area contributed by atoms with E-state index >= 15 is 0 Å². The molecule has 2 aromatic rings. The highest BCUT2D eigenvalue weighted by molar-refractivity contribution is 6.46. The van der Waals surface area contributed by atoms with Crippen LogP contribution in [0.3, 0.4) is 0 Å². The number of rotatable bonds is 9. The Morgan fingerprint density at radius 1 is 1.09 bits per heavy atom. The lowest BCUT2D eigenvalue weighted by Gasteiger charge is -2.25. The molecule has 6 heteroatoms. The molecular weight excluding hydrogens is 418 g/mol. The third-order valence-electron chi connectivity index (χ3n) is 5.77. The van der Waals surface area contributed by atoms with Crippen molar-refractivity contribution >= 4 is 17.4 Å². The number of ether oxygens (including phenoxy) is 1. The number of aliphatic hydroxyl groups excluding tert-OH is 1. The number of aromatic hydroxyl groups is 1. The van der Waals surface area contributed by atoms with E-state index in [0.717, 1.165) is 30.6 Å². The lowest BCUT2D eigenvalue weighted by atomic mass is 9.94. The molecule has 1 aliphatic heterocycles. The van der Waals surface area contributed by atoms with Crippen LogP contribution in [0, 0.1) is 12.8 Å². The smallest absolute Gasteiger partial charge is 0.295 e. The second-order valence-electron chi connectivity index (χ2n) is 8.98. The predicted molar refractivity (Wildman–Crippen MR) is 128 cm³/mol. The molecule has 1 aliphatic rings. The molecule has 0 bridgehead atoms. The molecule has 0 aliphatic carbocycles. The summed E-state index contributed by atoms with van der Waals surface area (Å²) in [5, 5.41) is 20.9. The van der Waals surface area contributed by atoms with Gasteiger partial charge in [-0.2, -0.15) is 0 Å².